The van der Waals surface area contributed by atoms with Gasteiger partial charge < -0.3 is 15.4 Å². The summed E-state index contributed by atoms with van der Waals surface area (Å²) in [5, 5.41) is 5.22. The van der Waals surface area contributed by atoms with Crippen molar-refractivity contribution in [2.24, 2.45) is 0 Å². The Morgan fingerprint density at radius 1 is 0.793 bits per heavy atom. The lowest BCUT2D eigenvalue weighted by atomic mass is 10.1. The number of rotatable bonds is 5. The van der Waals surface area contributed by atoms with Gasteiger partial charge in [-0.1, -0.05) is 24.3 Å². The van der Waals surface area contributed by atoms with Crippen molar-refractivity contribution in [3.8, 4) is 0 Å². The van der Waals surface area contributed by atoms with Crippen LogP contribution in [0.3, 0.4) is 0 Å². The van der Waals surface area contributed by atoms with Gasteiger partial charge in [0.05, 0.1) is 18.4 Å². The highest BCUT2D eigenvalue weighted by Crippen LogP contribution is 2.18. The third-order valence-corrected chi connectivity index (χ3v) is 4.05. The number of nitrogens with one attached hydrogen (secondary N) is 2. The van der Waals surface area contributed by atoms with Crippen LogP contribution in [0, 0.1) is 5.82 Å². The molecule has 6 nitrogen and oxygen atoms in total. The standard InChI is InChI=1S/C22H17FN2O4/c1-29-22(28)18-10-2-3-11-19(18)25-21(27)15-7-4-6-14(12-15)20(26)24-17-9-5-8-16(23)13-17/h2-13H,1H3,(H,24,26)(H,25,27). The van der Waals surface area contributed by atoms with E-state index >= 15 is 0 Å². The summed E-state index contributed by atoms with van der Waals surface area (Å²) < 4.78 is 18.0. The SMILES string of the molecule is COC(=O)c1ccccc1NC(=O)c1cccc(C(=O)Nc2cccc(F)c2)c1. The first kappa shape index (κ1) is 19.8. The smallest absolute Gasteiger partial charge is 0.339 e. The molecule has 0 aliphatic heterocycles. The second-order valence-corrected chi connectivity index (χ2v) is 6.04. The minimum atomic E-state index is -0.580. The van der Waals surface area contributed by atoms with Crippen molar-refractivity contribution < 1.29 is 23.5 Å². The highest BCUT2D eigenvalue weighted by Gasteiger charge is 2.15. The van der Waals surface area contributed by atoms with Gasteiger partial charge in [-0.15, -0.1) is 0 Å². The van der Waals surface area contributed by atoms with Crippen LogP contribution < -0.4 is 10.6 Å². The fourth-order valence-corrected chi connectivity index (χ4v) is 2.65. The van der Waals surface area contributed by atoms with Crippen LogP contribution in [0.5, 0.6) is 0 Å². The molecule has 3 rings (SSSR count). The average Bonchev–Trinajstić information content (AvgIpc) is 2.73. The molecule has 0 radical (unpaired) electrons. The molecular weight excluding hydrogens is 375 g/mol. The fourth-order valence-electron chi connectivity index (χ4n) is 2.65. The number of amides is 2. The van der Waals surface area contributed by atoms with E-state index in [1.54, 1.807) is 30.3 Å². The van der Waals surface area contributed by atoms with Crippen molar-refractivity contribution >= 4 is 29.2 Å². The van der Waals surface area contributed by atoms with Gasteiger partial charge in [0.15, 0.2) is 0 Å². The number of benzene rings is 3. The van der Waals surface area contributed by atoms with Crippen molar-refractivity contribution in [2.45, 2.75) is 0 Å². The maximum atomic E-state index is 13.3. The van der Waals surface area contributed by atoms with E-state index in [9.17, 15) is 18.8 Å². The molecular formula is C22H17FN2O4. The largest absolute Gasteiger partial charge is 0.465 e. The van der Waals surface area contributed by atoms with Gasteiger partial charge in [0.25, 0.3) is 11.8 Å². The molecule has 2 amide bonds. The van der Waals surface area contributed by atoms with Gasteiger partial charge in [-0.25, -0.2) is 9.18 Å². The van der Waals surface area contributed by atoms with E-state index < -0.39 is 23.6 Å². The number of halogens is 1. The molecule has 0 atom stereocenters. The zero-order valence-electron chi connectivity index (χ0n) is 15.4. The van der Waals surface area contributed by atoms with E-state index in [0.29, 0.717) is 11.4 Å². The Labute approximate surface area is 166 Å². The van der Waals surface area contributed by atoms with Crippen LogP contribution in [-0.4, -0.2) is 24.9 Å². The first-order valence-electron chi connectivity index (χ1n) is 8.63. The molecule has 0 aliphatic rings. The van der Waals surface area contributed by atoms with Gasteiger partial charge in [-0.05, 0) is 48.5 Å². The van der Waals surface area contributed by atoms with Crippen molar-refractivity contribution in [1.29, 1.82) is 0 Å². The highest BCUT2D eigenvalue weighted by molar-refractivity contribution is 6.10. The molecule has 146 valence electrons. The van der Waals surface area contributed by atoms with Crippen molar-refractivity contribution in [3.05, 3.63) is 95.3 Å². The molecule has 0 spiro atoms. The van der Waals surface area contributed by atoms with E-state index in [1.165, 1.54) is 49.6 Å². The predicted molar refractivity (Wildman–Crippen MR) is 107 cm³/mol. The monoisotopic (exact) mass is 392 g/mol. The zero-order chi connectivity index (χ0) is 20.8. The van der Waals surface area contributed by atoms with Crippen LogP contribution in [0.4, 0.5) is 15.8 Å². The number of anilines is 2. The molecule has 0 unspecified atom stereocenters. The molecule has 0 fully saturated rings. The van der Waals surface area contributed by atoms with Gasteiger partial charge in [-0.3, -0.25) is 9.59 Å². The number of carbonyl (C=O) groups excluding carboxylic acids is 3. The Morgan fingerprint density at radius 2 is 1.45 bits per heavy atom. The molecule has 3 aromatic rings. The minimum Gasteiger partial charge on any atom is -0.465 e. The van der Waals surface area contributed by atoms with Crippen molar-refractivity contribution in [2.75, 3.05) is 17.7 Å². The first-order valence-corrected chi connectivity index (χ1v) is 8.63. The molecule has 0 aliphatic carbocycles. The van der Waals surface area contributed by atoms with Gasteiger partial charge in [0.2, 0.25) is 0 Å². The Kier molecular flexibility index (Phi) is 5.99. The first-order chi connectivity index (χ1) is 14.0. The highest BCUT2D eigenvalue weighted by atomic mass is 19.1. The van der Waals surface area contributed by atoms with Crippen molar-refractivity contribution in [3.63, 3.8) is 0 Å². The topological polar surface area (TPSA) is 84.5 Å². The predicted octanol–water partition coefficient (Wildman–Crippen LogP) is 4.12. The Hall–Kier alpha value is -4.00. The van der Waals surface area contributed by atoms with E-state index in [0.717, 1.165) is 0 Å². The van der Waals surface area contributed by atoms with Crippen LogP contribution in [0.25, 0.3) is 0 Å². The molecule has 2 N–H and O–H groups in total. The Morgan fingerprint density at radius 3 is 2.14 bits per heavy atom. The van der Waals surface area contributed by atoms with Gasteiger partial charge >= 0.3 is 5.97 Å². The second-order valence-electron chi connectivity index (χ2n) is 6.04. The Balaban J connectivity index is 1.78. The van der Waals surface area contributed by atoms with Crippen LogP contribution in [-0.2, 0) is 4.74 Å². The summed E-state index contributed by atoms with van der Waals surface area (Å²) in [7, 11) is 1.25. The third kappa shape index (κ3) is 4.84. The molecule has 3 aromatic carbocycles. The summed E-state index contributed by atoms with van der Waals surface area (Å²) in [6, 6.07) is 18.0. The quantitative estimate of drug-likeness (QED) is 0.640. The molecule has 0 bridgehead atoms. The number of hydrogen-bond donors (Lipinski definition) is 2. The number of esters is 1. The lowest BCUT2D eigenvalue weighted by Crippen LogP contribution is -2.17. The minimum absolute atomic E-state index is 0.211. The van der Waals surface area contributed by atoms with Crippen LogP contribution in [0.15, 0.2) is 72.8 Å². The molecule has 0 saturated heterocycles. The second kappa shape index (κ2) is 8.79. The maximum absolute atomic E-state index is 13.3. The normalized spacial score (nSPS) is 10.1. The summed E-state index contributed by atoms with van der Waals surface area (Å²) >= 11 is 0. The number of methoxy groups -OCH3 is 1. The maximum Gasteiger partial charge on any atom is 0.339 e. The van der Waals surface area contributed by atoms with E-state index in [4.69, 9.17) is 4.74 Å². The molecule has 7 heteroatoms. The summed E-state index contributed by atoms with van der Waals surface area (Å²) in [5.41, 5.74) is 1.25. The zero-order valence-corrected chi connectivity index (χ0v) is 15.4. The van der Waals surface area contributed by atoms with E-state index in [2.05, 4.69) is 10.6 Å². The lowest BCUT2D eigenvalue weighted by Gasteiger charge is -2.10. The van der Waals surface area contributed by atoms with Crippen LogP contribution in [0.2, 0.25) is 0 Å². The molecule has 29 heavy (non-hydrogen) atoms. The summed E-state index contributed by atoms with van der Waals surface area (Å²) in [6.45, 7) is 0. The Bertz CT molecular complexity index is 1080. The summed E-state index contributed by atoms with van der Waals surface area (Å²) in [6.07, 6.45) is 0. The van der Waals surface area contributed by atoms with Crippen molar-refractivity contribution in [1.82, 2.24) is 0 Å². The number of ether oxygens (including phenoxy) is 1. The van der Waals surface area contributed by atoms with Gasteiger partial charge in [0.1, 0.15) is 5.82 Å². The van der Waals surface area contributed by atoms with Gasteiger partial charge in [-0.2, -0.15) is 0 Å². The lowest BCUT2D eigenvalue weighted by molar-refractivity contribution is 0.0601. The number of carbonyl (C=O) groups is 3. The fraction of sp³-hybridized carbons (Fsp3) is 0.0455. The number of para-hydroxylation sites is 1. The van der Waals surface area contributed by atoms with Gasteiger partial charge in [0, 0.05) is 16.8 Å². The molecule has 0 aromatic heterocycles. The number of hydrogen-bond acceptors (Lipinski definition) is 4. The summed E-state index contributed by atoms with van der Waals surface area (Å²) in [4.78, 5) is 36.9. The third-order valence-electron chi connectivity index (χ3n) is 4.05. The average molecular weight is 392 g/mol. The molecule has 0 saturated carbocycles. The van der Waals surface area contributed by atoms with E-state index in [1.807, 2.05) is 0 Å². The van der Waals surface area contributed by atoms with E-state index in [-0.39, 0.29) is 16.7 Å². The van der Waals surface area contributed by atoms with Crippen LogP contribution >= 0.6 is 0 Å². The molecule has 0 heterocycles. The summed E-state index contributed by atoms with van der Waals surface area (Å²) in [5.74, 6) is -2.04. The van der Waals surface area contributed by atoms with Crippen LogP contribution in [0.1, 0.15) is 31.1 Å².